The van der Waals surface area contributed by atoms with Gasteiger partial charge in [0, 0.05) is 17.3 Å². The zero-order chi connectivity index (χ0) is 12.1. The summed E-state index contributed by atoms with van der Waals surface area (Å²) in [5.41, 5.74) is 0.792. The Balaban J connectivity index is 2.02. The maximum atomic E-state index is 5.86. The quantitative estimate of drug-likeness (QED) is 0.833. The van der Waals surface area contributed by atoms with Crippen LogP contribution in [0.4, 0.5) is 0 Å². The summed E-state index contributed by atoms with van der Waals surface area (Å²) in [6.07, 6.45) is 1.66. The first-order valence-corrected chi connectivity index (χ1v) is 5.53. The fourth-order valence-electron chi connectivity index (χ4n) is 1.38. The molecule has 0 bridgehead atoms. The first kappa shape index (κ1) is 11.7. The molecule has 1 heterocycles. The van der Waals surface area contributed by atoms with Gasteiger partial charge in [-0.2, -0.15) is 0 Å². The van der Waals surface area contributed by atoms with Crippen molar-refractivity contribution >= 4 is 11.6 Å². The Morgan fingerprint density at radius 3 is 2.76 bits per heavy atom. The summed E-state index contributed by atoms with van der Waals surface area (Å²) >= 11 is 5.86. The van der Waals surface area contributed by atoms with Crippen molar-refractivity contribution in [1.82, 2.24) is 4.98 Å². The van der Waals surface area contributed by atoms with Crippen LogP contribution in [0.25, 0.3) is 0 Å². The summed E-state index contributed by atoms with van der Waals surface area (Å²) in [5, 5.41) is 0.657. The molecule has 2 aromatic rings. The van der Waals surface area contributed by atoms with Gasteiger partial charge < -0.3 is 9.47 Å². The maximum Gasteiger partial charge on any atom is 0.130 e. The van der Waals surface area contributed by atoms with E-state index in [2.05, 4.69) is 4.98 Å². The number of methoxy groups -OCH3 is 1. The largest absolute Gasteiger partial charge is 0.497 e. The highest BCUT2D eigenvalue weighted by Gasteiger charge is 1.99. The minimum absolute atomic E-state index is 0.383. The maximum absolute atomic E-state index is 5.86. The number of hydrogen-bond acceptors (Lipinski definition) is 3. The molecule has 0 N–H and O–H groups in total. The molecule has 0 aliphatic heterocycles. The molecule has 0 fully saturated rings. The van der Waals surface area contributed by atoms with E-state index in [9.17, 15) is 0 Å². The molecular weight excluding hydrogens is 238 g/mol. The lowest BCUT2D eigenvalue weighted by atomic mass is 10.3. The molecule has 0 saturated carbocycles. The summed E-state index contributed by atoms with van der Waals surface area (Å²) in [7, 11) is 1.62. The van der Waals surface area contributed by atoms with Gasteiger partial charge in [-0.25, -0.2) is 0 Å². The summed E-state index contributed by atoms with van der Waals surface area (Å²) < 4.78 is 10.7. The Kier molecular flexibility index (Phi) is 3.83. The van der Waals surface area contributed by atoms with Crippen LogP contribution in [0.5, 0.6) is 11.5 Å². The molecule has 2 rings (SSSR count). The monoisotopic (exact) mass is 249 g/mol. The Morgan fingerprint density at radius 2 is 2.00 bits per heavy atom. The molecule has 0 aliphatic rings. The van der Waals surface area contributed by atoms with E-state index < -0.39 is 0 Å². The summed E-state index contributed by atoms with van der Waals surface area (Å²) in [6.45, 7) is 0.383. The highest BCUT2D eigenvalue weighted by Crippen LogP contribution is 2.20. The van der Waals surface area contributed by atoms with Gasteiger partial charge in [0.2, 0.25) is 0 Å². The van der Waals surface area contributed by atoms with E-state index in [4.69, 9.17) is 21.1 Å². The normalized spacial score (nSPS) is 10.0. The summed E-state index contributed by atoms with van der Waals surface area (Å²) in [4.78, 5) is 4.16. The lowest BCUT2D eigenvalue weighted by Crippen LogP contribution is -1.98. The summed E-state index contributed by atoms with van der Waals surface area (Å²) in [6, 6.07) is 10.9. The molecule has 4 heteroatoms. The van der Waals surface area contributed by atoms with Gasteiger partial charge in [-0.15, -0.1) is 0 Å². The van der Waals surface area contributed by atoms with Crippen LogP contribution in [0.2, 0.25) is 5.02 Å². The van der Waals surface area contributed by atoms with Crippen LogP contribution in [0.1, 0.15) is 5.69 Å². The van der Waals surface area contributed by atoms with E-state index in [0.717, 1.165) is 17.2 Å². The van der Waals surface area contributed by atoms with E-state index in [1.54, 1.807) is 25.4 Å². The number of nitrogens with zero attached hydrogens (tertiary/aromatic N) is 1. The predicted octanol–water partition coefficient (Wildman–Crippen LogP) is 3.32. The minimum Gasteiger partial charge on any atom is -0.497 e. The topological polar surface area (TPSA) is 31.4 Å². The van der Waals surface area contributed by atoms with Crippen LogP contribution in [0.15, 0.2) is 42.6 Å². The molecule has 0 spiro atoms. The second-order valence-corrected chi connectivity index (χ2v) is 3.87. The van der Waals surface area contributed by atoms with Crippen LogP contribution in [-0.2, 0) is 6.61 Å². The third kappa shape index (κ3) is 3.36. The van der Waals surface area contributed by atoms with E-state index in [0.29, 0.717) is 11.6 Å². The van der Waals surface area contributed by atoms with Gasteiger partial charge in [0.25, 0.3) is 0 Å². The smallest absolute Gasteiger partial charge is 0.130 e. The number of benzene rings is 1. The number of halogens is 1. The van der Waals surface area contributed by atoms with Crippen molar-refractivity contribution in [3.05, 3.63) is 53.3 Å². The fraction of sp³-hybridized carbons (Fsp3) is 0.154. The number of pyridine rings is 1. The SMILES string of the molecule is COc1cccc(OCc2cc(Cl)ccn2)c1. The van der Waals surface area contributed by atoms with Crippen LogP contribution in [0, 0.1) is 0 Å². The number of hydrogen-bond donors (Lipinski definition) is 0. The van der Waals surface area contributed by atoms with Crippen molar-refractivity contribution in [3.63, 3.8) is 0 Å². The molecule has 88 valence electrons. The third-order valence-electron chi connectivity index (χ3n) is 2.21. The standard InChI is InChI=1S/C13H12ClNO2/c1-16-12-3-2-4-13(8-12)17-9-11-7-10(14)5-6-15-11/h2-8H,9H2,1H3. The van der Waals surface area contributed by atoms with Crippen LogP contribution < -0.4 is 9.47 Å². The van der Waals surface area contributed by atoms with Crippen molar-refractivity contribution in [1.29, 1.82) is 0 Å². The molecule has 1 aromatic heterocycles. The van der Waals surface area contributed by atoms with Crippen molar-refractivity contribution in [2.24, 2.45) is 0 Å². The van der Waals surface area contributed by atoms with Gasteiger partial charge in [-0.1, -0.05) is 17.7 Å². The molecule has 0 unspecified atom stereocenters. The Morgan fingerprint density at radius 1 is 1.18 bits per heavy atom. The van der Waals surface area contributed by atoms with Crippen LogP contribution in [0.3, 0.4) is 0 Å². The Hall–Kier alpha value is -1.74. The zero-order valence-electron chi connectivity index (χ0n) is 9.39. The first-order valence-electron chi connectivity index (χ1n) is 5.15. The van der Waals surface area contributed by atoms with Crippen molar-refractivity contribution in [2.45, 2.75) is 6.61 Å². The van der Waals surface area contributed by atoms with Gasteiger partial charge in [0.1, 0.15) is 18.1 Å². The van der Waals surface area contributed by atoms with Crippen LogP contribution >= 0.6 is 11.6 Å². The lowest BCUT2D eigenvalue weighted by Gasteiger charge is -2.07. The van der Waals surface area contributed by atoms with Gasteiger partial charge >= 0.3 is 0 Å². The van der Waals surface area contributed by atoms with E-state index in [-0.39, 0.29) is 0 Å². The fourth-order valence-corrected chi connectivity index (χ4v) is 1.56. The van der Waals surface area contributed by atoms with Gasteiger partial charge in [0.15, 0.2) is 0 Å². The average Bonchev–Trinajstić information content (AvgIpc) is 2.37. The highest BCUT2D eigenvalue weighted by molar-refractivity contribution is 6.30. The van der Waals surface area contributed by atoms with Gasteiger partial charge in [0.05, 0.1) is 12.8 Å². The third-order valence-corrected chi connectivity index (χ3v) is 2.44. The highest BCUT2D eigenvalue weighted by atomic mass is 35.5. The van der Waals surface area contributed by atoms with Gasteiger partial charge in [-0.05, 0) is 24.3 Å². The number of ether oxygens (including phenoxy) is 2. The van der Waals surface area contributed by atoms with Crippen molar-refractivity contribution in [2.75, 3.05) is 7.11 Å². The zero-order valence-corrected chi connectivity index (χ0v) is 10.1. The number of rotatable bonds is 4. The lowest BCUT2D eigenvalue weighted by molar-refractivity contribution is 0.299. The molecule has 17 heavy (non-hydrogen) atoms. The predicted molar refractivity (Wildman–Crippen MR) is 66.6 cm³/mol. The van der Waals surface area contributed by atoms with Crippen molar-refractivity contribution < 1.29 is 9.47 Å². The van der Waals surface area contributed by atoms with Gasteiger partial charge in [-0.3, -0.25) is 4.98 Å². The molecule has 0 amide bonds. The molecule has 0 radical (unpaired) electrons. The average molecular weight is 250 g/mol. The van der Waals surface area contributed by atoms with Crippen molar-refractivity contribution in [3.8, 4) is 11.5 Å². The van der Waals surface area contributed by atoms with E-state index in [1.165, 1.54) is 0 Å². The second-order valence-electron chi connectivity index (χ2n) is 3.43. The summed E-state index contributed by atoms with van der Waals surface area (Å²) in [5.74, 6) is 1.51. The van der Waals surface area contributed by atoms with E-state index >= 15 is 0 Å². The minimum atomic E-state index is 0.383. The molecule has 3 nitrogen and oxygen atoms in total. The second kappa shape index (κ2) is 5.55. The van der Waals surface area contributed by atoms with Crippen LogP contribution in [-0.4, -0.2) is 12.1 Å². The molecular formula is C13H12ClNO2. The first-order chi connectivity index (χ1) is 8.28. The molecule has 1 aromatic carbocycles. The number of aromatic nitrogens is 1. The van der Waals surface area contributed by atoms with E-state index in [1.807, 2.05) is 24.3 Å². The molecule has 0 saturated heterocycles. The molecule has 0 aliphatic carbocycles. The molecule has 0 atom stereocenters. The Bertz CT molecular complexity index is 502. The Labute approximate surface area is 105 Å².